The molecule has 2 nitrogen and oxygen atoms in total. The predicted molar refractivity (Wildman–Crippen MR) is 70.0 cm³/mol. The number of hydrogen-bond donors (Lipinski definition) is 1. The van der Waals surface area contributed by atoms with E-state index in [0.29, 0.717) is 5.92 Å². The van der Waals surface area contributed by atoms with Crippen LogP contribution in [0, 0.1) is 11.7 Å². The largest absolute Gasteiger partial charge is 0.377 e. The summed E-state index contributed by atoms with van der Waals surface area (Å²) >= 11 is 0. The summed E-state index contributed by atoms with van der Waals surface area (Å²) in [5, 5.41) is 3.41. The normalized spacial score (nSPS) is 20.3. The summed E-state index contributed by atoms with van der Waals surface area (Å²) in [6, 6.07) is 5.10. The lowest BCUT2D eigenvalue weighted by Crippen LogP contribution is -2.31. The number of halogens is 1. The highest BCUT2D eigenvalue weighted by atomic mass is 19.1. The van der Waals surface area contributed by atoms with E-state index in [1.165, 1.54) is 18.9 Å². The molecule has 1 aliphatic rings. The molecule has 1 aromatic carbocycles. The minimum atomic E-state index is -0.130. The summed E-state index contributed by atoms with van der Waals surface area (Å²) in [6.45, 7) is 2.18. The van der Waals surface area contributed by atoms with Crippen LogP contribution >= 0.6 is 0 Å². The molecular formula is C14H21FN2. The smallest absolute Gasteiger partial charge is 0.123 e. The van der Waals surface area contributed by atoms with Crippen molar-refractivity contribution in [2.45, 2.75) is 19.3 Å². The fraction of sp³-hybridized carbons (Fsp3) is 0.571. The van der Waals surface area contributed by atoms with Gasteiger partial charge in [-0.15, -0.1) is 0 Å². The first kappa shape index (κ1) is 12.4. The summed E-state index contributed by atoms with van der Waals surface area (Å²) < 4.78 is 13.3. The zero-order valence-corrected chi connectivity index (χ0v) is 10.7. The van der Waals surface area contributed by atoms with Gasteiger partial charge in [0, 0.05) is 19.8 Å². The molecule has 94 valence electrons. The van der Waals surface area contributed by atoms with Crippen LogP contribution < -0.4 is 10.2 Å². The van der Waals surface area contributed by atoms with Crippen LogP contribution in [0.4, 0.5) is 10.1 Å². The van der Waals surface area contributed by atoms with Crippen molar-refractivity contribution < 1.29 is 4.39 Å². The molecule has 1 aliphatic heterocycles. The second-order valence-corrected chi connectivity index (χ2v) is 5.08. The van der Waals surface area contributed by atoms with Crippen molar-refractivity contribution in [2.75, 3.05) is 32.1 Å². The van der Waals surface area contributed by atoms with Gasteiger partial charge in [-0.3, -0.25) is 0 Å². The quantitative estimate of drug-likeness (QED) is 0.867. The Hall–Kier alpha value is -1.09. The lowest BCUT2D eigenvalue weighted by molar-refractivity contribution is 0.376. The van der Waals surface area contributed by atoms with Gasteiger partial charge in [0.25, 0.3) is 0 Å². The highest BCUT2D eigenvalue weighted by Gasteiger charge is 2.16. The Morgan fingerprint density at radius 2 is 2.24 bits per heavy atom. The molecule has 1 N–H and O–H groups in total. The zero-order chi connectivity index (χ0) is 12.3. The van der Waals surface area contributed by atoms with Crippen LogP contribution in [-0.2, 0) is 6.42 Å². The van der Waals surface area contributed by atoms with E-state index >= 15 is 0 Å². The Balaban J connectivity index is 2.14. The van der Waals surface area contributed by atoms with E-state index in [9.17, 15) is 4.39 Å². The van der Waals surface area contributed by atoms with Crippen LogP contribution in [0.2, 0.25) is 0 Å². The third-order valence-electron chi connectivity index (χ3n) is 3.43. The van der Waals surface area contributed by atoms with Crippen molar-refractivity contribution in [2.24, 2.45) is 5.92 Å². The van der Waals surface area contributed by atoms with Crippen molar-refractivity contribution in [3.05, 3.63) is 29.6 Å². The minimum absolute atomic E-state index is 0.130. The number of nitrogens with one attached hydrogen (secondary N) is 1. The molecule has 0 aliphatic carbocycles. The van der Waals surface area contributed by atoms with Gasteiger partial charge in [0.05, 0.1) is 0 Å². The van der Waals surface area contributed by atoms with E-state index in [1.54, 1.807) is 6.07 Å². The van der Waals surface area contributed by atoms with Gasteiger partial charge in [-0.1, -0.05) is 0 Å². The number of piperidine rings is 1. The maximum atomic E-state index is 13.3. The molecule has 0 bridgehead atoms. The van der Waals surface area contributed by atoms with E-state index in [4.69, 9.17) is 0 Å². The van der Waals surface area contributed by atoms with Crippen LogP contribution in [0.1, 0.15) is 18.4 Å². The van der Waals surface area contributed by atoms with Crippen LogP contribution in [0.3, 0.4) is 0 Å². The molecule has 3 heteroatoms. The summed E-state index contributed by atoms with van der Waals surface area (Å²) in [5.41, 5.74) is 2.26. The molecule has 1 heterocycles. The lowest BCUT2D eigenvalue weighted by atomic mass is 9.91. The molecule has 0 amide bonds. The fourth-order valence-electron chi connectivity index (χ4n) is 2.56. The number of hydrogen-bond acceptors (Lipinski definition) is 2. The molecule has 1 aromatic rings. The maximum absolute atomic E-state index is 13.3. The van der Waals surface area contributed by atoms with Crippen molar-refractivity contribution in [3.63, 3.8) is 0 Å². The van der Waals surface area contributed by atoms with Crippen molar-refractivity contribution >= 4 is 5.69 Å². The summed E-state index contributed by atoms with van der Waals surface area (Å²) in [6.07, 6.45) is 3.45. The SMILES string of the molecule is CN(C)c1ccc(F)cc1CC1CCCNC1. The Morgan fingerprint density at radius 3 is 2.88 bits per heavy atom. The van der Waals surface area contributed by atoms with Crippen molar-refractivity contribution in [1.29, 1.82) is 0 Å². The highest BCUT2D eigenvalue weighted by Crippen LogP contribution is 2.25. The summed E-state index contributed by atoms with van der Waals surface area (Å²) in [5.74, 6) is 0.513. The Labute approximate surface area is 103 Å². The van der Waals surface area contributed by atoms with Gasteiger partial charge in [-0.05, 0) is 62.0 Å². The third-order valence-corrected chi connectivity index (χ3v) is 3.43. The van der Waals surface area contributed by atoms with Gasteiger partial charge < -0.3 is 10.2 Å². The number of nitrogens with zero attached hydrogens (tertiary/aromatic N) is 1. The number of anilines is 1. The first-order valence-electron chi connectivity index (χ1n) is 6.33. The molecular weight excluding hydrogens is 215 g/mol. The van der Waals surface area contributed by atoms with Gasteiger partial charge in [0.2, 0.25) is 0 Å². The molecule has 1 atom stereocenters. The van der Waals surface area contributed by atoms with E-state index < -0.39 is 0 Å². The third kappa shape index (κ3) is 3.19. The second kappa shape index (κ2) is 5.50. The van der Waals surface area contributed by atoms with Gasteiger partial charge in [-0.25, -0.2) is 4.39 Å². The lowest BCUT2D eigenvalue weighted by Gasteiger charge is -2.25. The summed E-state index contributed by atoms with van der Waals surface area (Å²) in [4.78, 5) is 2.06. The fourth-order valence-corrected chi connectivity index (χ4v) is 2.56. The van der Waals surface area contributed by atoms with Crippen LogP contribution in [-0.4, -0.2) is 27.2 Å². The van der Waals surface area contributed by atoms with E-state index in [0.717, 1.165) is 30.8 Å². The van der Waals surface area contributed by atoms with E-state index in [2.05, 4.69) is 10.2 Å². The Kier molecular flexibility index (Phi) is 4.00. The molecule has 0 saturated carbocycles. The Morgan fingerprint density at radius 1 is 1.41 bits per heavy atom. The molecule has 0 spiro atoms. The van der Waals surface area contributed by atoms with E-state index in [1.807, 2.05) is 20.2 Å². The van der Waals surface area contributed by atoms with Gasteiger partial charge in [-0.2, -0.15) is 0 Å². The molecule has 1 unspecified atom stereocenters. The average molecular weight is 236 g/mol. The highest BCUT2D eigenvalue weighted by molar-refractivity contribution is 5.52. The Bertz CT molecular complexity index is 370. The monoisotopic (exact) mass is 236 g/mol. The van der Waals surface area contributed by atoms with Gasteiger partial charge in [0.1, 0.15) is 5.82 Å². The van der Waals surface area contributed by atoms with Crippen LogP contribution in [0.15, 0.2) is 18.2 Å². The summed E-state index contributed by atoms with van der Waals surface area (Å²) in [7, 11) is 4.02. The topological polar surface area (TPSA) is 15.3 Å². The first-order valence-corrected chi connectivity index (χ1v) is 6.33. The molecule has 17 heavy (non-hydrogen) atoms. The molecule has 1 fully saturated rings. The predicted octanol–water partition coefficient (Wildman–Crippen LogP) is 2.43. The van der Waals surface area contributed by atoms with Crippen molar-refractivity contribution in [3.8, 4) is 0 Å². The van der Waals surface area contributed by atoms with Crippen molar-refractivity contribution in [1.82, 2.24) is 5.32 Å². The average Bonchev–Trinajstić information content (AvgIpc) is 2.30. The van der Waals surface area contributed by atoms with Crippen LogP contribution in [0.25, 0.3) is 0 Å². The number of rotatable bonds is 3. The molecule has 0 aromatic heterocycles. The van der Waals surface area contributed by atoms with Gasteiger partial charge >= 0.3 is 0 Å². The van der Waals surface area contributed by atoms with Gasteiger partial charge in [0.15, 0.2) is 0 Å². The number of benzene rings is 1. The first-order chi connectivity index (χ1) is 8.16. The minimum Gasteiger partial charge on any atom is -0.377 e. The molecule has 0 radical (unpaired) electrons. The maximum Gasteiger partial charge on any atom is 0.123 e. The standard InChI is InChI=1S/C14H21FN2/c1-17(2)14-6-5-13(15)9-12(14)8-11-4-3-7-16-10-11/h5-6,9,11,16H,3-4,7-8,10H2,1-2H3. The molecule has 1 saturated heterocycles. The molecule has 2 rings (SSSR count). The second-order valence-electron chi connectivity index (χ2n) is 5.08. The zero-order valence-electron chi connectivity index (χ0n) is 10.7. The van der Waals surface area contributed by atoms with E-state index in [-0.39, 0.29) is 5.82 Å². The van der Waals surface area contributed by atoms with Crippen LogP contribution in [0.5, 0.6) is 0 Å².